The molecule has 2 aromatic rings. The quantitative estimate of drug-likeness (QED) is 0.851. The smallest absolute Gasteiger partial charge is 0.255 e. The summed E-state index contributed by atoms with van der Waals surface area (Å²) in [5.41, 5.74) is 0.0877. The van der Waals surface area contributed by atoms with Gasteiger partial charge in [0.1, 0.15) is 4.90 Å². The number of benzene rings is 2. The number of sulfonamides is 1. The number of anilines is 1. The van der Waals surface area contributed by atoms with Crippen LogP contribution >= 0.6 is 11.6 Å². The van der Waals surface area contributed by atoms with Gasteiger partial charge in [0.15, 0.2) is 11.6 Å². The lowest BCUT2D eigenvalue weighted by Crippen LogP contribution is -2.28. The summed E-state index contributed by atoms with van der Waals surface area (Å²) in [6.45, 7) is 0.813. The van der Waals surface area contributed by atoms with Crippen LogP contribution in [0.25, 0.3) is 0 Å². The van der Waals surface area contributed by atoms with Gasteiger partial charge in [-0.1, -0.05) is 11.6 Å². The minimum atomic E-state index is -3.80. The van der Waals surface area contributed by atoms with Crippen LogP contribution in [-0.2, 0) is 10.0 Å². The van der Waals surface area contributed by atoms with Gasteiger partial charge in [0.2, 0.25) is 10.0 Å². The van der Waals surface area contributed by atoms with Crippen molar-refractivity contribution in [2.24, 2.45) is 0 Å². The van der Waals surface area contributed by atoms with E-state index in [0.717, 1.165) is 25.0 Å². The van der Waals surface area contributed by atoms with E-state index < -0.39 is 27.6 Å². The molecular weight excluding hydrogens is 386 g/mol. The molecule has 0 aromatic heterocycles. The highest BCUT2D eigenvalue weighted by Gasteiger charge is 2.29. The molecule has 1 fully saturated rings. The predicted molar refractivity (Wildman–Crippen MR) is 93.8 cm³/mol. The molecule has 1 saturated heterocycles. The maximum atomic E-state index is 13.2. The molecule has 5 nitrogen and oxygen atoms in total. The molecule has 0 bridgehead atoms. The van der Waals surface area contributed by atoms with Crippen molar-refractivity contribution < 1.29 is 22.0 Å². The summed E-state index contributed by atoms with van der Waals surface area (Å²) in [4.78, 5) is 12.2. The van der Waals surface area contributed by atoms with Gasteiger partial charge in [-0.25, -0.2) is 17.2 Å². The first-order chi connectivity index (χ1) is 12.3. The first-order valence-electron chi connectivity index (χ1n) is 7.85. The standard InChI is InChI=1S/C17H15ClF2N2O3S/c18-13-5-3-11(9-16(13)26(24,25)22-7-1-2-8-22)17(23)21-12-4-6-14(19)15(20)10-12/h3-6,9-10H,1-2,7-8H2,(H,21,23). The maximum Gasteiger partial charge on any atom is 0.255 e. The van der Waals surface area contributed by atoms with Gasteiger partial charge in [-0.05, 0) is 43.2 Å². The molecule has 0 aliphatic carbocycles. The van der Waals surface area contributed by atoms with Gasteiger partial charge in [0.05, 0.1) is 5.02 Å². The van der Waals surface area contributed by atoms with E-state index in [1.165, 1.54) is 28.6 Å². The third kappa shape index (κ3) is 3.72. The molecule has 138 valence electrons. The molecule has 26 heavy (non-hydrogen) atoms. The zero-order valence-corrected chi connectivity index (χ0v) is 15.1. The molecule has 1 heterocycles. The lowest BCUT2D eigenvalue weighted by Gasteiger charge is -2.17. The summed E-state index contributed by atoms with van der Waals surface area (Å²) in [6.07, 6.45) is 1.54. The first kappa shape index (κ1) is 18.8. The Morgan fingerprint density at radius 1 is 1.04 bits per heavy atom. The van der Waals surface area contributed by atoms with Crippen molar-refractivity contribution in [1.29, 1.82) is 0 Å². The third-order valence-corrected chi connectivity index (χ3v) is 6.43. The number of rotatable bonds is 4. The Kier molecular flexibility index (Phi) is 5.27. The molecule has 0 radical (unpaired) electrons. The van der Waals surface area contributed by atoms with Crippen molar-refractivity contribution in [2.45, 2.75) is 17.7 Å². The van der Waals surface area contributed by atoms with E-state index in [0.29, 0.717) is 13.1 Å². The molecule has 2 aromatic carbocycles. The number of carbonyl (C=O) groups is 1. The monoisotopic (exact) mass is 400 g/mol. The van der Waals surface area contributed by atoms with Gasteiger partial charge in [0.25, 0.3) is 5.91 Å². The van der Waals surface area contributed by atoms with Crippen LogP contribution < -0.4 is 5.32 Å². The minimum Gasteiger partial charge on any atom is -0.322 e. The Hall–Kier alpha value is -2.03. The van der Waals surface area contributed by atoms with Crippen LogP contribution in [0.5, 0.6) is 0 Å². The van der Waals surface area contributed by atoms with Crippen LogP contribution in [0.3, 0.4) is 0 Å². The van der Waals surface area contributed by atoms with E-state index in [4.69, 9.17) is 11.6 Å². The average Bonchev–Trinajstić information content (AvgIpc) is 3.14. The van der Waals surface area contributed by atoms with E-state index in [-0.39, 0.29) is 21.2 Å². The van der Waals surface area contributed by atoms with Crippen LogP contribution in [0.4, 0.5) is 14.5 Å². The van der Waals surface area contributed by atoms with Crippen LogP contribution in [0.2, 0.25) is 5.02 Å². The van der Waals surface area contributed by atoms with E-state index in [2.05, 4.69) is 5.32 Å². The fourth-order valence-electron chi connectivity index (χ4n) is 2.69. The lowest BCUT2D eigenvalue weighted by atomic mass is 10.2. The van der Waals surface area contributed by atoms with Gasteiger partial charge in [-0.2, -0.15) is 4.31 Å². The highest BCUT2D eigenvalue weighted by molar-refractivity contribution is 7.89. The summed E-state index contributed by atoms with van der Waals surface area (Å²) >= 11 is 6.03. The third-order valence-electron chi connectivity index (χ3n) is 4.05. The molecular formula is C17H15ClF2N2O3S. The summed E-state index contributed by atoms with van der Waals surface area (Å²) in [7, 11) is -3.80. The second kappa shape index (κ2) is 7.30. The van der Waals surface area contributed by atoms with E-state index in [1.54, 1.807) is 0 Å². The molecule has 0 spiro atoms. The fraction of sp³-hybridized carbons (Fsp3) is 0.235. The number of hydrogen-bond donors (Lipinski definition) is 1. The van der Waals surface area contributed by atoms with E-state index >= 15 is 0 Å². The zero-order valence-electron chi connectivity index (χ0n) is 13.5. The number of nitrogens with one attached hydrogen (secondary N) is 1. The average molecular weight is 401 g/mol. The number of halogens is 3. The van der Waals surface area contributed by atoms with Crippen LogP contribution in [0.1, 0.15) is 23.2 Å². The summed E-state index contributed by atoms with van der Waals surface area (Å²) < 4.78 is 52.9. The highest BCUT2D eigenvalue weighted by Crippen LogP contribution is 2.28. The highest BCUT2D eigenvalue weighted by atomic mass is 35.5. The Bertz CT molecular complexity index is 960. The summed E-state index contributed by atoms with van der Waals surface area (Å²) in [5, 5.41) is 2.41. The molecule has 1 N–H and O–H groups in total. The van der Waals surface area contributed by atoms with Crippen molar-refractivity contribution in [3.8, 4) is 0 Å². The number of amides is 1. The molecule has 0 saturated carbocycles. The maximum absolute atomic E-state index is 13.2. The van der Waals surface area contributed by atoms with Crippen molar-refractivity contribution in [1.82, 2.24) is 4.31 Å². The Morgan fingerprint density at radius 2 is 1.73 bits per heavy atom. The molecule has 0 unspecified atom stereocenters. The molecule has 1 aliphatic rings. The Morgan fingerprint density at radius 3 is 2.38 bits per heavy atom. The topological polar surface area (TPSA) is 66.5 Å². The first-order valence-corrected chi connectivity index (χ1v) is 9.67. The minimum absolute atomic E-state index is 0.0151. The molecule has 0 atom stereocenters. The van der Waals surface area contributed by atoms with Crippen LogP contribution in [-0.4, -0.2) is 31.7 Å². The number of hydrogen-bond acceptors (Lipinski definition) is 3. The number of carbonyl (C=O) groups excluding carboxylic acids is 1. The van der Waals surface area contributed by atoms with Crippen molar-refractivity contribution in [3.63, 3.8) is 0 Å². The van der Waals surface area contributed by atoms with Crippen LogP contribution in [0.15, 0.2) is 41.3 Å². The van der Waals surface area contributed by atoms with Gasteiger partial charge in [0, 0.05) is 30.4 Å². The molecule has 3 rings (SSSR count). The van der Waals surface area contributed by atoms with Crippen molar-refractivity contribution in [2.75, 3.05) is 18.4 Å². The fourth-order valence-corrected chi connectivity index (χ4v) is 4.70. The molecule has 1 amide bonds. The Labute approximate surface area is 154 Å². The number of nitrogens with zero attached hydrogens (tertiary/aromatic N) is 1. The van der Waals surface area contributed by atoms with Crippen molar-refractivity contribution >= 4 is 33.2 Å². The largest absolute Gasteiger partial charge is 0.322 e. The van der Waals surface area contributed by atoms with Gasteiger partial charge >= 0.3 is 0 Å². The molecule has 9 heteroatoms. The second-order valence-corrected chi connectivity index (χ2v) is 8.15. The van der Waals surface area contributed by atoms with E-state index in [9.17, 15) is 22.0 Å². The SMILES string of the molecule is O=C(Nc1ccc(F)c(F)c1)c1ccc(Cl)c(S(=O)(=O)N2CCCC2)c1. The zero-order chi connectivity index (χ0) is 18.9. The summed E-state index contributed by atoms with van der Waals surface area (Å²) in [5.74, 6) is -2.80. The normalized spacial score (nSPS) is 15.2. The predicted octanol–water partition coefficient (Wildman–Crippen LogP) is 3.66. The summed E-state index contributed by atoms with van der Waals surface area (Å²) in [6, 6.07) is 6.80. The van der Waals surface area contributed by atoms with Gasteiger partial charge in [-0.3, -0.25) is 4.79 Å². The van der Waals surface area contributed by atoms with Crippen molar-refractivity contribution in [3.05, 3.63) is 58.6 Å². The Balaban J connectivity index is 1.89. The molecule has 1 aliphatic heterocycles. The van der Waals surface area contributed by atoms with Crippen LogP contribution in [0, 0.1) is 11.6 Å². The van der Waals surface area contributed by atoms with Gasteiger partial charge < -0.3 is 5.32 Å². The second-order valence-electron chi connectivity index (χ2n) is 5.84. The lowest BCUT2D eigenvalue weighted by molar-refractivity contribution is 0.102. The van der Waals surface area contributed by atoms with E-state index in [1.807, 2.05) is 0 Å². The van der Waals surface area contributed by atoms with Gasteiger partial charge in [-0.15, -0.1) is 0 Å².